The van der Waals surface area contributed by atoms with Crippen LogP contribution in [0.4, 0.5) is 0 Å². The van der Waals surface area contributed by atoms with E-state index >= 15 is 0 Å². The number of hydrogen-bond donors (Lipinski definition) is 1. The van der Waals surface area contributed by atoms with Gasteiger partial charge in [-0.15, -0.1) is 6.58 Å². The molecular weight excluding hydrogens is 198 g/mol. The molecule has 0 saturated heterocycles. The molecule has 16 heavy (non-hydrogen) atoms. The molecule has 1 rings (SSSR count). The Bertz CT molecular complexity index is 229. The Labute approximate surface area is 100 Å². The number of hydrogen-bond acceptors (Lipinski definition) is 2. The van der Waals surface area contributed by atoms with Gasteiger partial charge in [0, 0.05) is 13.2 Å². The Hall–Kier alpha value is -0.340. The van der Waals surface area contributed by atoms with Crippen molar-refractivity contribution in [2.75, 3.05) is 7.11 Å². The molecule has 2 nitrogen and oxygen atoms in total. The SMILES string of the molecule is C=C(C)CCC(N)C1(OC)CCC(C)CC1. The molecule has 2 heteroatoms. The predicted molar refractivity (Wildman–Crippen MR) is 69.4 cm³/mol. The Morgan fingerprint density at radius 3 is 2.50 bits per heavy atom. The first kappa shape index (κ1) is 13.7. The molecule has 2 N–H and O–H groups in total. The van der Waals surface area contributed by atoms with Crippen molar-refractivity contribution in [3.63, 3.8) is 0 Å². The monoisotopic (exact) mass is 225 g/mol. The first-order chi connectivity index (χ1) is 7.50. The smallest absolute Gasteiger partial charge is 0.0829 e. The van der Waals surface area contributed by atoms with Crippen LogP contribution in [0.2, 0.25) is 0 Å². The summed E-state index contributed by atoms with van der Waals surface area (Å²) in [6, 6.07) is 0.154. The van der Waals surface area contributed by atoms with Gasteiger partial charge in [0.05, 0.1) is 5.60 Å². The molecule has 1 atom stereocenters. The van der Waals surface area contributed by atoms with E-state index in [-0.39, 0.29) is 11.6 Å². The predicted octanol–water partition coefficient (Wildman–Crippen LogP) is 3.27. The third kappa shape index (κ3) is 3.33. The van der Waals surface area contributed by atoms with Crippen molar-refractivity contribution in [3.8, 4) is 0 Å². The summed E-state index contributed by atoms with van der Waals surface area (Å²) >= 11 is 0. The zero-order valence-electron chi connectivity index (χ0n) is 11.1. The van der Waals surface area contributed by atoms with Crippen molar-refractivity contribution in [1.82, 2.24) is 0 Å². The van der Waals surface area contributed by atoms with Crippen LogP contribution in [0.3, 0.4) is 0 Å². The molecule has 0 amide bonds. The van der Waals surface area contributed by atoms with Crippen LogP contribution in [0.1, 0.15) is 52.4 Å². The van der Waals surface area contributed by atoms with Crippen LogP contribution in [0.25, 0.3) is 0 Å². The molecule has 1 unspecified atom stereocenters. The molecule has 0 radical (unpaired) electrons. The van der Waals surface area contributed by atoms with Crippen molar-refractivity contribution in [1.29, 1.82) is 0 Å². The largest absolute Gasteiger partial charge is 0.377 e. The van der Waals surface area contributed by atoms with Crippen LogP contribution >= 0.6 is 0 Å². The first-order valence-electron chi connectivity index (χ1n) is 6.45. The summed E-state index contributed by atoms with van der Waals surface area (Å²) in [5, 5.41) is 0. The average Bonchev–Trinajstić information content (AvgIpc) is 2.27. The summed E-state index contributed by atoms with van der Waals surface area (Å²) in [6.45, 7) is 8.32. The van der Waals surface area contributed by atoms with Gasteiger partial charge < -0.3 is 10.5 Å². The van der Waals surface area contributed by atoms with Crippen LogP contribution in [-0.2, 0) is 4.74 Å². The van der Waals surface area contributed by atoms with Gasteiger partial charge in [-0.3, -0.25) is 0 Å². The zero-order chi connectivity index (χ0) is 12.2. The molecule has 1 aliphatic rings. The lowest BCUT2D eigenvalue weighted by molar-refractivity contribution is -0.0675. The molecule has 0 heterocycles. The molecule has 1 saturated carbocycles. The highest BCUT2D eigenvalue weighted by molar-refractivity contribution is 4.97. The third-order valence-electron chi connectivity index (χ3n) is 4.09. The van der Waals surface area contributed by atoms with Crippen molar-refractivity contribution in [3.05, 3.63) is 12.2 Å². The van der Waals surface area contributed by atoms with Gasteiger partial charge in [0.2, 0.25) is 0 Å². The molecule has 0 bridgehead atoms. The number of methoxy groups -OCH3 is 1. The highest BCUT2D eigenvalue weighted by Crippen LogP contribution is 2.37. The maximum atomic E-state index is 6.32. The number of nitrogens with two attached hydrogens (primary N) is 1. The lowest BCUT2D eigenvalue weighted by atomic mass is 9.74. The molecule has 94 valence electrons. The molecule has 0 aliphatic heterocycles. The van der Waals surface area contributed by atoms with Crippen LogP contribution in [-0.4, -0.2) is 18.8 Å². The van der Waals surface area contributed by atoms with Crippen molar-refractivity contribution < 1.29 is 4.74 Å². The third-order valence-corrected chi connectivity index (χ3v) is 4.09. The molecule has 1 aliphatic carbocycles. The molecular formula is C14H27NO. The topological polar surface area (TPSA) is 35.2 Å². The standard InChI is InChI=1S/C14H27NO/c1-11(2)5-6-13(15)14(16-4)9-7-12(3)8-10-14/h12-13H,1,5-10,15H2,2-4H3. The van der Waals surface area contributed by atoms with E-state index in [1.807, 2.05) is 7.11 Å². The Kier molecular flexibility index (Phi) is 5.00. The fourth-order valence-electron chi connectivity index (χ4n) is 2.64. The molecule has 0 spiro atoms. The minimum absolute atomic E-state index is 0.0675. The summed E-state index contributed by atoms with van der Waals surface area (Å²) in [7, 11) is 1.82. The quantitative estimate of drug-likeness (QED) is 0.729. The van der Waals surface area contributed by atoms with Crippen molar-refractivity contribution in [2.45, 2.75) is 64.0 Å². The summed E-state index contributed by atoms with van der Waals surface area (Å²) in [5.41, 5.74) is 7.47. The van der Waals surface area contributed by atoms with E-state index in [1.54, 1.807) is 0 Å². The Morgan fingerprint density at radius 2 is 2.06 bits per heavy atom. The fraction of sp³-hybridized carbons (Fsp3) is 0.857. The highest BCUT2D eigenvalue weighted by atomic mass is 16.5. The van der Waals surface area contributed by atoms with Gasteiger partial charge in [-0.05, 0) is 51.4 Å². The average molecular weight is 225 g/mol. The maximum absolute atomic E-state index is 6.32. The normalized spacial score (nSPS) is 32.4. The number of allylic oxidation sites excluding steroid dienone is 1. The Balaban J connectivity index is 2.54. The fourth-order valence-corrected chi connectivity index (χ4v) is 2.64. The minimum Gasteiger partial charge on any atom is -0.377 e. The van der Waals surface area contributed by atoms with Gasteiger partial charge in [0.15, 0.2) is 0 Å². The van der Waals surface area contributed by atoms with Gasteiger partial charge in [0.1, 0.15) is 0 Å². The highest BCUT2D eigenvalue weighted by Gasteiger charge is 2.39. The minimum atomic E-state index is -0.0675. The van der Waals surface area contributed by atoms with E-state index in [0.29, 0.717) is 0 Å². The second-order valence-corrected chi connectivity index (χ2v) is 5.55. The van der Waals surface area contributed by atoms with Gasteiger partial charge >= 0.3 is 0 Å². The second-order valence-electron chi connectivity index (χ2n) is 5.55. The zero-order valence-corrected chi connectivity index (χ0v) is 11.1. The maximum Gasteiger partial charge on any atom is 0.0829 e. The van der Waals surface area contributed by atoms with Crippen molar-refractivity contribution >= 4 is 0 Å². The van der Waals surface area contributed by atoms with E-state index < -0.39 is 0 Å². The van der Waals surface area contributed by atoms with Gasteiger partial charge in [-0.1, -0.05) is 12.5 Å². The second kappa shape index (κ2) is 5.83. The van der Waals surface area contributed by atoms with Crippen LogP contribution in [0, 0.1) is 5.92 Å². The van der Waals surface area contributed by atoms with E-state index in [9.17, 15) is 0 Å². The Morgan fingerprint density at radius 1 is 1.50 bits per heavy atom. The number of rotatable bonds is 5. The number of ether oxygens (including phenoxy) is 1. The van der Waals surface area contributed by atoms with E-state index in [0.717, 1.165) is 31.6 Å². The van der Waals surface area contributed by atoms with Gasteiger partial charge in [0.25, 0.3) is 0 Å². The van der Waals surface area contributed by atoms with Crippen LogP contribution < -0.4 is 5.73 Å². The van der Waals surface area contributed by atoms with Crippen molar-refractivity contribution in [2.24, 2.45) is 11.7 Å². The van der Waals surface area contributed by atoms with E-state index in [4.69, 9.17) is 10.5 Å². The summed E-state index contributed by atoms with van der Waals surface area (Å²) in [6.07, 6.45) is 6.73. The van der Waals surface area contributed by atoms with Gasteiger partial charge in [-0.2, -0.15) is 0 Å². The van der Waals surface area contributed by atoms with E-state index in [2.05, 4.69) is 20.4 Å². The van der Waals surface area contributed by atoms with E-state index in [1.165, 1.54) is 18.4 Å². The first-order valence-corrected chi connectivity index (χ1v) is 6.45. The van der Waals surface area contributed by atoms with Crippen LogP contribution in [0.5, 0.6) is 0 Å². The lowest BCUT2D eigenvalue weighted by Crippen LogP contribution is -2.51. The molecule has 0 aromatic carbocycles. The summed E-state index contributed by atoms with van der Waals surface area (Å²) < 4.78 is 5.77. The molecule has 0 aromatic heterocycles. The molecule has 1 fully saturated rings. The summed E-state index contributed by atoms with van der Waals surface area (Å²) in [4.78, 5) is 0. The van der Waals surface area contributed by atoms with Crippen LogP contribution in [0.15, 0.2) is 12.2 Å². The molecule has 0 aromatic rings. The van der Waals surface area contributed by atoms with Gasteiger partial charge in [-0.25, -0.2) is 0 Å². The lowest BCUT2D eigenvalue weighted by Gasteiger charge is -2.42. The summed E-state index contributed by atoms with van der Waals surface area (Å²) in [5.74, 6) is 0.830.